The van der Waals surface area contributed by atoms with Crippen LogP contribution in [0.1, 0.15) is 23.5 Å². The Morgan fingerprint density at radius 3 is 2.76 bits per heavy atom. The minimum Gasteiger partial charge on any atom is -0.496 e. The van der Waals surface area contributed by atoms with Gasteiger partial charge in [-0.2, -0.15) is 0 Å². The molecule has 2 aromatic heterocycles. The highest BCUT2D eigenvalue weighted by Crippen LogP contribution is 2.19. The lowest BCUT2D eigenvalue weighted by Gasteiger charge is -2.10. The van der Waals surface area contributed by atoms with Gasteiger partial charge >= 0.3 is 0 Å². The fourth-order valence-corrected chi connectivity index (χ4v) is 3.39. The summed E-state index contributed by atoms with van der Waals surface area (Å²) in [5, 5.41) is 11.9. The first-order chi connectivity index (χ1) is 14.2. The highest BCUT2D eigenvalue weighted by Gasteiger charge is 2.08. The van der Waals surface area contributed by atoms with Crippen LogP contribution in [0.15, 0.2) is 54.6 Å². The van der Waals surface area contributed by atoms with Crippen molar-refractivity contribution in [2.24, 2.45) is 0 Å². The predicted octanol–water partition coefficient (Wildman–Crippen LogP) is 3.63. The van der Waals surface area contributed by atoms with Crippen molar-refractivity contribution in [3.8, 4) is 5.75 Å². The number of ether oxygens (including phenoxy) is 1. The summed E-state index contributed by atoms with van der Waals surface area (Å²) in [7, 11) is 1.71. The van der Waals surface area contributed by atoms with Crippen LogP contribution in [0, 0.1) is 6.92 Å². The smallest absolute Gasteiger partial charge is 0.129 e. The Labute approximate surface area is 169 Å². The summed E-state index contributed by atoms with van der Waals surface area (Å²) in [6.45, 7) is 3.28. The molecule has 0 spiro atoms. The first-order valence-electron chi connectivity index (χ1n) is 9.71. The van der Waals surface area contributed by atoms with Crippen LogP contribution in [0.25, 0.3) is 11.0 Å². The van der Waals surface area contributed by atoms with Gasteiger partial charge in [0.05, 0.1) is 24.9 Å². The molecule has 148 valence electrons. The molecule has 29 heavy (non-hydrogen) atoms. The summed E-state index contributed by atoms with van der Waals surface area (Å²) in [5.74, 6) is 2.50. The fraction of sp³-hybridized carbons (Fsp3) is 0.273. The maximum absolute atomic E-state index is 5.42. The van der Waals surface area contributed by atoms with Crippen LogP contribution in [0.2, 0.25) is 0 Å². The van der Waals surface area contributed by atoms with Gasteiger partial charge in [0, 0.05) is 12.6 Å². The quantitative estimate of drug-likeness (QED) is 0.465. The number of anilines is 1. The molecule has 4 rings (SSSR count). The average Bonchev–Trinajstić information content (AvgIpc) is 3.14. The van der Waals surface area contributed by atoms with E-state index in [9.17, 15) is 0 Å². The normalized spacial score (nSPS) is 11.0. The zero-order chi connectivity index (χ0) is 20.1. The number of nitrogens with one attached hydrogen (secondary N) is 1. The van der Waals surface area contributed by atoms with E-state index in [-0.39, 0.29) is 0 Å². The van der Waals surface area contributed by atoms with Crippen molar-refractivity contribution in [1.29, 1.82) is 0 Å². The summed E-state index contributed by atoms with van der Waals surface area (Å²) in [5.41, 5.74) is 4.00. The molecule has 0 aliphatic heterocycles. The van der Waals surface area contributed by atoms with Crippen molar-refractivity contribution in [1.82, 2.24) is 25.0 Å². The number of fused-ring (bicyclic) bond motifs is 1. The van der Waals surface area contributed by atoms with Crippen LogP contribution in [0.5, 0.6) is 5.75 Å². The predicted molar refractivity (Wildman–Crippen MR) is 113 cm³/mol. The molecule has 0 saturated heterocycles. The number of para-hydroxylation sites is 2. The molecular formula is C22H24N6O. The minimum atomic E-state index is 0.555. The molecule has 2 heterocycles. The van der Waals surface area contributed by atoms with E-state index in [0.29, 0.717) is 6.54 Å². The Morgan fingerprint density at radius 2 is 1.86 bits per heavy atom. The van der Waals surface area contributed by atoms with E-state index in [2.05, 4.69) is 31.7 Å². The second-order valence-electron chi connectivity index (χ2n) is 6.87. The van der Waals surface area contributed by atoms with Crippen LogP contribution in [-0.4, -0.2) is 38.6 Å². The number of nitrogens with zero attached hydrogens (tertiary/aromatic N) is 5. The van der Waals surface area contributed by atoms with E-state index in [1.165, 1.54) is 5.56 Å². The standard InChI is InChI=1S/C22H24N6O/c1-16-24-18(15-28-20-11-5-4-10-19(20)26-27-28)14-22(25-16)23-13-7-9-17-8-3-6-12-21(17)29-2/h3-6,8,10-12,14H,7,9,13,15H2,1-2H3,(H,23,24,25). The van der Waals surface area contributed by atoms with E-state index in [1.807, 2.05) is 60.1 Å². The van der Waals surface area contributed by atoms with E-state index in [4.69, 9.17) is 4.74 Å². The maximum atomic E-state index is 5.42. The van der Waals surface area contributed by atoms with Gasteiger partial charge < -0.3 is 10.1 Å². The molecule has 0 aliphatic carbocycles. The van der Waals surface area contributed by atoms with Gasteiger partial charge in [-0.1, -0.05) is 35.5 Å². The lowest BCUT2D eigenvalue weighted by atomic mass is 10.1. The molecule has 0 radical (unpaired) electrons. The van der Waals surface area contributed by atoms with Crippen molar-refractivity contribution in [3.63, 3.8) is 0 Å². The molecule has 4 aromatic rings. The number of methoxy groups -OCH3 is 1. The molecule has 1 N–H and O–H groups in total. The lowest BCUT2D eigenvalue weighted by Crippen LogP contribution is -2.10. The van der Waals surface area contributed by atoms with E-state index < -0.39 is 0 Å². The molecule has 0 saturated carbocycles. The molecule has 0 aliphatic rings. The van der Waals surface area contributed by atoms with Crippen LogP contribution >= 0.6 is 0 Å². The molecule has 7 nitrogen and oxygen atoms in total. The van der Waals surface area contributed by atoms with Gasteiger partial charge in [0.15, 0.2) is 0 Å². The maximum Gasteiger partial charge on any atom is 0.129 e. The number of hydrogen-bond acceptors (Lipinski definition) is 6. The Kier molecular flexibility index (Phi) is 5.65. The number of aryl methyl sites for hydroxylation is 2. The first-order valence-corrected chi connectivity index (χ1v) is 9.71. The molecule has 0 fully saturated rings. The largest absolute Gasteiger partial charge is 0.496 e. The summed E-state index contributed by atoms with van der Waals surface area (Å²) in [6, 6.07) is 18.0. The summed E-state index contributed by atoms with van der Waals surface area (Å²) in [6.07, 6.45) is 1.92. The molecule has 0 bridgehead atoms. The second kappa shape index (κ2) is 8.68. The third kappa shape index (κ3) is 4.51. The van der Waals surface area contributed by atoms with E-state index in [0.717, 1.165) is 53.5 Å². The first kappa shape index (κ1) is 18.9. The Morgan fingerprint density at radius 1 is 1.03 bits per heavy atom. The van der Waals surface area contributed by atoms with Crippen molar-refractivity contribution in [3.05, 3.63) is 71.7 Å². The van der Waals surface area contributed by atoms with Crippen LogP contribution < -0.4 is 10.1 Å². The van der Waals surface area contributed by atoms with Crippen LogP contribution in [0.4, 0.5) is 5.82 Å². The topological polar surface area (TPSA) is 77.8 Å². The van der Waals surface area contributed by atoms with Gasteiger partial charge in [0.25, 0.3) is 0 Å². The lowest BCUT2D eigenvalue weighted by molar-refractivity contribution is 0.409. The number of hydrogen-bond donors (Lipinski definition) is 1. The molecule has 0 amide bonds. The number of benzene rings is 2. The van der Waals surface area contributed by atoms with E-state index >= 15 is 0 Å². The number of rotatable bonds is 8. The highest BCUT2D eigenvalue weighted by molar-refractivity contribution is 5.73. The summed E-state index contributed by atoms with van der Waals surface area (Å²) < 4.78 is 7.28. The van der Waals surface area contributed by atoms with Crippen molar-refractivity contribution in [2.45, 2.75) is 26.3 Å². The van der Waals surface area contributed by atoms with Gasteiger partial charge in [-0.25, -0.2) is 14.6 Å². The van der Waals surface area contributed by atoms with Gasteiger partial charge in [-0.05, 0) is 43.5 Å². The van der Waals surface area contributed by atoms with Crippen molar-refractivity contribution >= 4 is 16.9 Å². The average molecular weight is 388 g/mol. The van der Waals surface area contributed by atoms with Gasteiger partial charge in [-0.15, -0.1) is 5.10 Å². The Bertz CT molecular complexity index is 1110. The monoisotopic (exact) mass is 388 g/mol. The third-order valence-electron chi connectivity index (χ3n) is 4.74. The van der Waals surface area contributed by atoms with Crippen molar-refractivity contribution < 1.29 is 4.74 Å². The number of aromatic nitrogens is 5. The fourth-order valence-electron chi connectivity index (χ4n) is 3.39. The van der Waals surface area contributed by atoms with Gasteiger partial charge in [0.1, 0.15) is 22.9 Å². The van der Waals surface area contributed by atoms with Crippen LogP contribution in [0.3, 0.4) is 0 Å². The van der Waals surface area contributed by atoms with E-state index in [1.54, 1.807) is 7.11 Å². The van der Waals surface area contributed by atoms with Gasteiger partial charge in [0.2, 0.25) is 0 Å². The molecule has 7 heteroatoms. The molecular weight excluding hydrogens is 364 g/mol. The van der Waals surface area contributed by atoms with Crippen molar-refractivity contribution in [2.75, 3.05) is 19.0 Å². The zero-order valence-electron chi connectivity index (χ0n) is 16.7. The van der Waals surface area contributed by atoms with Gasteiger partial charge in [-0.3, -0.25) is 0 Å². The zero-order valence-corrected chi connectivity index (χ0v) is 16.7. The highest BCUT2D eigenvalue weighted by atomic mass is 16.5. The summed E-state index contributed by atoms with van der Waals surface area (Å²) >= 11 is 0. The summed E-state index contributed by atoms with van der Waals surface area (Å²) in [4.78, 5) is 9.07. The SMILES string of the molecule is COc1ccccc1CCCNc1cc(Cn2nnc3ccccc32)nc(C)n1. The molecule has 0 atom stereocenters. The Balaban J connectivity index is 1.39. The minimum absolute atomic E-state index is 0.555. The second-order valence-corrected chi connectivity index (χ2v) is 6.87. The Hall–Kier alpha value is -3.48. The third-order valence-corrected chi connectivity index (χ3v) is 4.74. The molecule has 2 aromatic carbocycles. The molecule has 0 unspecified atom stereocenters. The van der Waals surface area contributed by atoms with Crippen LogP contribution in [-0.2, 0) is 13.0 Å².